The smallest absolute Gasteiger partial charge is 0.356 e. The first-order chi connectivity index (χ1) is 16.3. The fraction of sp³-hybridized carbons (Fsp3) is 0.0385. The summed E-state index contributed by atoms with van der Waals surface area (Å²) in [6, 6.07) is 26.7. The zero-order chi connectivity index (χ0) is 23.9. The van der Waals surface area contributed by atoms with E-state index >= 15 is 0 Å². The number of halogens is 1. The second-order valence-electron chi connectivity index (χ2n) is 7.93. The van der Waals surface area contributed by atoms with E-state index in [1.807, 2.05) is 36.4 Å². The van der Waals surface area contributed by atoms with Crippen LogP contribution in [0.5, 0.6) is 11.8 Å². The molecule has 0 saturated heterocycles. The van der Waals surface area contributed by atoms with Gasteiger partial charge in [-0.3, -0.25) is 4.57 Å². The van der Waals surface area contributed by atoms with Gasteiger partial charge in [-0.05, 0) is 53.4 Å². The van der Waals surface area contributed by atoms with E-state index in [1.54, 1.807) is 25.1 Å². The lowest BCUT2D eigenvalue weighted by Crippen LogP contribution is -2.08. The lowest BCUT2D eigenvalue weighted by molar-refractivity contribution is 0.386. The van der Waals surface area contributed by atoms with Crippen molar-refractivity contribution in [2.45, 2.75) is 6.92 Å². The Morgan fingerprint density at radius 2 is 1.56 bits per heavy atom. The van der Waals surface area contributed by atoms with E-state index in [1.165, 1.54) is 6.07 Å². The van der Waals surface area contributed by atoms with E-state index in [4.69, 9.17) is 16.3 Å². The van der Waals surface area contributed by atoms with Crippen LogP contribution in [0, 0.1) is 6.92 Å². The first-order valence-corrected chi connectivity index (χ1v) is 12.5. The zero-order valence-electron chi connectivity index (χ0n) is 18.1. The number of imidazole rings is 1. The van der Waals surface area contributed by atoms with Gasteiger partial charge in [-0.2, -0.15) is 4.98 Å². The van der Waals surface area contributed by atoms with Gasteiger partial charge in [-0.25, -0.2) is 0 Å². The lowest BCUT2D eigenvalue weighted by atomic mass is 10.00. The molecule has 6 nitrogen and oxygen atoms in total. The average Bonchev–Trinajstić information content (AvgIpc) is 3.20. The maximum absolute atomic E-state index is 11.7. The Morgan fingerprint density at radius 1 is 0.882 bits per heavy atom. The van der Waals surface area contributed by atoms with Crippen LogP contribution in [-0.4, -0.2) is 19.8 Å². The molecule has 0 amide bonds. The van der Waals surface area contributed by atoms with Gasteiger partial charge in [0.05, 0.1) is 21.4 Å². The minimum Gasteiger partial charge on any atom is -0.426 e. The minimum absolute atomic E-state index is 0.0783. The van der Waals surface area contributed by atoms with Crippen molar-refractivity contribution in [2.24, 2.45) is 0 Å². The molecule has 4 aromatic carbocycles. The molecule has 0 unspecified atom stereocenters. The number of nitrogens with zero attached hydrogens (tertiary/aromatic N) is 1. The molecule has 0 aliphatic rings. The highest BCUT2D eigenvalue weighted by Crippen LogP contribution is 2.37. The molecule has 0 spiro atoms. The van der Waals surface area contributed by atoms with Gasteiger partial charge in [-0.1, -0.05) is 72.3 Å². The van der Waals surface area contributed by atoms with Gasteiger partial charge in [0.1, 0.15) is 5.75 Å². The van der Waals surface area contributed by atoms with Crippen LogP contribution in [0.3, 0.4) is 0 Å². The number of rotatable bonds is 5. The summed E-state index contributed by atoms with van der Waals surface area (Å²) in [4.78, 5) is 26.6. The summed E-state index contributed by atoms with van der Waals surface area (Å²) < 4.78 is 17.5. The van der Waals surface area contributed by atoms with Crippen LogP contribution in [0.25, 0.3) is 33.3 Å². The number of ether oxygens (including phenoxy) is 1. The second-order valence-corrected chi connectivity index (χ2v) is 9.91. The third-order valence-corrected chi connectivity index (χ3v) is 6.98. The molecule has 0 radical (unpaired) electrons. The van der Waals surface area contributed by atoms with Crippen LogP contribution in [-0.2, 0) is 4.57 Å². The predicted octanol–water partition coefficient (Wildman–Crippen LogP) is 6.45. The van der Waals surface area contributed by atoms with Gasteiger partial charge in [-0.15, -0.1) is 0 Å². The Kier molecular flexibility index (Phi) is 5.76. The molecule has 34 heavy (non-hydrogen) atoms. The second kappa shape index (κ2) is 8.75. The van der Waals surface area contributed by atoms with Crippen molar-refractivity contribution in [1.82, 2.24) is 9.97 Å². The topological polar surface area (TPSA) is 95.4 Å². The number of fused-ring (bicyclic) bond motifs is 1. The number of aromatic amines is 1. The third kappa shape index (κ3) is 4.49. The highest BCUT2D eigenvalue weighted by atomic mass is 35.5. The molecule has 0 bridgehead atoms. The van der Waals surface area contributed by atoms with Crippen LogP contribution < -0.4 is 10.0 Å². The standard InChI is InChI=1S/C26H20ClN2O4P/c1-16-7-12-20(13-25(16)34(30,31)32)33-26-28-23-14-21(22(27)15-24(23)29-26)19-10-8-18(9-11-19)17-5-3-2-4-6-17/h2-15H,1H3,(H,28,29)(H2,30,31,32). The van der Waals surface area contributed by atoms with Gasteiger partial charge >= 0.3 is 7.60 Å². The van der Waals surface area contributed by atoms with Gasteiger partial charge < -0.3 is 19.5 Å². The van der Waals surface area contributed by atoms with Crippen molar-refractivity contribution in [3.8, 4) is 34.0 Å². The molecule has 1 heterocycles. The maximum Gasteiger partial charge on any atom is 0.356 e. The molecule has 0 aliphatic heterocycles. The van der Waals surface area contributed by atoms with E-state index in [2.05, 4.69) is 34.2 Å². The lowest BCUT2D eigenvalue weighted by Gasteiger charge is -2.09. The number of nitrogens with one attached hydrogen (secondary N) is 1. The highest BCUT2D eigenvalue weighted by molar-refractivity contribution is 7.60. The van der Waals surface area contributed by atoms with Crippen LogP contribution >= 0.6 is 19.2 Å². The molecular weight excluding hydrogens is 471 g/mol. The number of H-pyrrole nitrogens is 1. The summed E-state index contributed by atoms with van der Waals surface area (Å²) in [5.74, 6) is 0.269. The summed E-state index contributed by atoms with van der Waals surface area (Å²) in [5.41, 5.74) is 5.89. The van der Waals surface area contributed by atoms with E-state index in [0.29, 0.717) is 21.6 Å². The molecule has 170 valence electrons. The SMILES string of the molecule is Cc1ccc(Oc2nc3cc(-c4ccc(-c5ccccc5)cc4)c(Cl)cc3[nH]2)cc1P(=O)(O)O. The predicted molar refractivity (Wildman–Crippen MR) is 135 cm³/mol. The van der Waals surface area contributed by atoms with Crippen molar-refractivity contribution >= 4 is 35.5 Å². The van der Waals surface area contributed by atoms with E-state index in [-0.39, 0.29) is 17.1 Å². The van der Waals surface area contributed by atoms with Crippen molar-refractivity contribution in [3.05, 3.63) is 95.5 Å². The van der Waals surface area contributed by atoms with Gasteiger partial charge in [0.15, 0.2) is 0 Å². The summed E-state index contributed by atoms with van der Waals surface area (Å²) in [6.07, 6.45) is 0. The maximum atomic E-state index is 11.7. The molecule has 5 rings (SSSR count). The third-order valence-electron chi connectivity index (χ3n) is 5.56. The number of benzene rings is 4. The molecule has 8 heteroatoms. The molecule has 0 fully saturated rings. The average molecular weight is 491 g/mol. The monoisotopic (exact) mass is 490 g/mol. The van der Waals surface area contributed by atoms with Gasteiger partial charge in [0.25, 0.3) is 6.01 Å². The number of aromatic nitrogens is 2. The van der Waals surface area contributed by atoms with E-state index in [9.17, 15) is 14.4 Å². The largest absolute Gasteiger partial charge is 0.426 e. The highest BCUT2D eigenvalue weighted by Gasteiger charge is 2.21. The van der Waals surface area contributed by atoms with Crippen molar-refractivity contribution in [3.63, 3.8) is 0 Å². The Labute approximate surface area is 201 Å². The first kappa shape index (κ1) is 22.4. The van der Waals surface area contributed by atoms with Crippen molar-refractivity contribution < 1.29 is 19.1 Å². The van der Waals surface area contributed by atoms with Gasteiger partial charge in [0, 0.05) is 5.56 Å². The summed E-state index contributed by atoms with van der Waals surface area (Å²) in [6.45, 7) is 1.63. The quantitative estimate of drug-likeness (QED) is 0.246. The molecule has 0 aliphatic carbocycles. The normalized spacial score (nSPS) is 11.6. The van der Waals surface area contributed by atoms with Crippen LogP contribution in [0.15, 0.2) is 84.9 Å². The Balaban J connectivity index is 1.45. The molecule has 3 N–H and O–H groups in total. The summed E-state index contributed by atoms with van der Waals surface area (Å²) in [7, 11) is -4.41. The van der Waals surface area contributed by atoms with Crippen LogP contribution in [0.4, 0.5) is 0 Å². The number of hydrogen-bond acceptors (Lipinski definition) is 3. The first-order valence-electron chi connectivity index (χ1n) is 10.5. The molecular formula is C26H20ClN2O4P. The fourth-order valence-corrected chi connectivity index (χ4v) is 4.93. The van der Waals surface area contributed by atoms with Crippen LogP contribution in [0.1, 0.15) is 5.56 Å². The van der Waals surface area contributed by atoms with E-state index < -0.39 is 7.60 Å². The summed E-state index contributed by atoms with van der Waals surface area (Å²) in [5, 5.41) is 0.486. The zero-order valence-corrected chi connectivity index (χ0v) is 19.7. The number of hydrogen-bond donors (Lipinski definition) is 3. The fourth-order valence-electron chi connectivity index (χ4n) is 3.83. The molecule has 1 aromatic heterocycles. The molecule has 0 atom stereocenters. The Hall–Kier alpha value is -3.41. The van der Waals surface area contributed by atoms with Crippen molar-refractivity contribution in [2.75, 3.05) is 0 Å². The van der Waals surface area contributed by atoms with Gasteiger partial charge in [0.2, 0.25) is 0 Å². The van der Waals surface area contributed by atoms with E-state index in [0.717, 1.165) is 22.3 Å². The van der Waals surface area contributed by atoms with Crippen molar-refractivity contribution in [1.29, 1.82) is 0 Å². The number of aryl methyl sites for hydroxylation is 1. The van der Waals surface area contributed by atoms with Crippen LogP contribution in [0.2, 0.25) is 5.02 Å². The molecule has 5 aromatic rings. The Morgan fingerprint density at radius 3 is 2.26 bits per heavy atom. The minimum atomic E-state index is -4.41. The molecule has 0 saturated carbocycles. The Bertz CT molecular complexity index is 1540. The summed E-state index contributed by atoms with van der Waals surface area (Å²) >= 11 is 6.58.